The molecule has 1 atom stereocenters. The fourth-order valence-electron chi connectivity index (χ4n) is 3.83. The van der Waals surface area contributed by atoms with E-state index in [1.165, 1.54) is 0 Å². The number of carbonyl (C=O) groups excluding carboxylic acids is 1. The second-order valence-corrected chi connectivity index (χ2v) is 6.95. The molecule has 26 heavy (non-hydrogen) atoms. The lowest BCUT2D eigenvalue weighted by atomic mass is 9.93. The molecule has 4 nitrogen and oxygen atoms in total. The predicted molar refractivity (Wildman–Crippen MR) is 104 cm³/mol. The van der Waals surface area contributed by atoms with Crippen LogP contribution in [0.15, 0.2) is 60.9 Å². The smallest absolute Gasteiger partial charge is 0.254 e. The minimum atomic E-state index is 0.0820. The fourth-order valence-corrected chi connectivity index (χ4v) is 3.83. The largest absolute Gasteiger partial charge is 0.337 e. The number of carbonyl (C=O) groups is 1. The Bertz CT molecular complexity index is 926. The third-order valence-corrected chi connectivity index (χ3v) is 5.22. The summed E-state index contributed by atoms with van der Waals surface area (Å²) in [6.07, 6.45) is 4.75. The van der Waals surface area contributed by atoms with Crippen LogP contribution in [-0.2, 0) is 6.54 Å². The molecular weight excluding hydrogens is 322 g/mol. The number of amides is 1. The topological polar surface area (TPSA) is 45.2 Å². The second-order valence-electron chi connectivity index (χ2n) is 6.95. The number of pyridine rings is 1. The van der Waals surface area contributed by atoms with E-state index in [2.05, 4.69) is 28.5 Å². The zero-order chi connectivity index (χ0) is 17.9. The molecule has 0 aliphatic carbocycles. The van der Waals surface area contributed by atoms with Gasteiger partial charge in [0, 0.05) is 43.5 Å². The SMILES string of the molecule is CN(Cc1cccc2cnccc12)C(=O)c1ccccc1[C@H]1CCNC1. The van der Waals surface area contributed by atoms with Gasteiger partial charge in [0.1, 0.15) is 0 Å². The van der Waals surface area contributed by atoms with E-state index in [9.17, 15) is 4.79 Å². The Morgan fingerprint density at radius 1 is 1.19 bits per heavy atom. The first-order chi connectivity index (χ1) is 12.7. The maximum absolute atomic E-state index is 13.2. The van der Waals surface area contributed by atoms with E-state index in [1.807, 2.05) is 48.5 Å². The molecule has 3 aromatic rings. The zero-order valence-electron chi connectivity index (χ0n) is 15.0. The quantitative estimate of drug-likeness (QED) is 0.786. The van der Waals surface area contributed by atoms with Gasteiger partial charge in [-0.05, 0) is 47.5 Å². The van der Waals surface area contributed by atoms with Gasteiger partial charge in [-0.2, -0.15) is 0 Å². The number of fused-ring (bicyclic) bond motifs is 1. The van der Waals surface area contributed by atoms with Crippen LogP contribution in [0.2, 0.25) is 0 Å². The molecule has 1 fully saturated rings. The molecule has 1 N–H and O–H groups in total. The maximum Gasteiger partial charge on any atom is 0.254 e. The third kappa shape index (κ3) is 3.20. The molecular formula is C22H23N3O. The van der Waals surface area contributed by atoms with E-state index in [4.69, 9.17) is 0 Å². The van der Waals surface area contributed by atoms with Crippen molar-refractivity contribution in [2.75, 3.05) is 20.1 Å². The van der Waals surface area contributed by atoms with Crippen LogP contribution in [0.25, 0.3) is 10.8 Å². The number of hydrogen-bond donors (Lipinski definition) is 1. The standard InChI is InChI=1S/C22H23N3O/c1-25(15-18-6-4-5-16-13-24-12-10-19(16)18)22(26)21-8-3-2-7-20(21)17-9-11-23-14-17/h2-8,10,12-13,17,23H,9,11,14-15H2,1H3/t17-/m0/s1. The summed E-state index contributed by atoms with van der Waals surface area (Å²) in [4.78, 5) is 19.2. The molecule has 2 heterocycles. The number of rotatable bonds is 4. The molecule has 4 rings (SSSR count). The van der Waals surface area contributed by atoms with Crippen molar-refractivity contribution in [3.05, 3.63) is 77.6 Å². The number of nitrogens with one attached hydrogen (secondary N) is 1. The number of benzene rings is 2. The Balaban J connectivity index is 1.61. The first-order valence-electron chi connectivity index (χ1n) is 9.11. The second kappa shape index (κ2) is 7.26. The van der Waals surface area contributed by atoms with Crippen molar-refractivity contribution in [3.8, 4) is 0 Å². The monoisotopic (exact) mass is 345 g/mol. The number of hydrogen-bond acceptors (Lipinski definition) is 3. The van der Waals surface area contributed by atoms with Crippen LogP contribution in [0.1, 0.15) is 33.8 Å². The van der Waals surface area contributed by atoms with E-state index in [0.717, 1.165) is 47.0 Å². The molecule has 1 amide bonds. The van der Waals surface area contributed by atoms with E-state index in [0.29, 0.717) is 12.5 Å². The third-order valence-electron chi connectivity index (χ3n) is 5.22. The van der Waals surface area contributed by atoms with Crippen molar-refractivity contribution < 1.29 is 4.79 Å². The Morgan fingerprint density at radius 3 is 2.92 bits per heavy atom. The van der Waals surface area contributed by atoms with Crippen LogP contribution in [-0.4, -0.2) is 35.9 Å². The van der Waals surface area contributed by atoms with E-state index >= 15 is 0 Å². The van der Waals surface area contributed by atoms with Crippen molar-refractivity contribution in [1.82, 2.24) is 15.2 Å². The first kappa shape index (κ1) is 16.7. The normalized spacial score (nSPS) is 16.7. The molecule has 0 saturated carbocycles. The first-order valence-corrected chi connectivity index (χ1v) is 9.11. The van der Waals surface area contributed by atoms with E-state index in [-0.39, 0.29) is 5.91 Å². The molecule has 0 spiro atoms. The van der Waals surface area contributed by atoms with Crippen LogP contribution in [0.5, 0.6) is 0 Å². The lowest BCUT2D eigenvalue weighted by Gasteiger charge is -2.21. The highest BCUT2D eigenvalue weighted by Crippen LogP contribution is 2.27. The summed E-state index contributed by atoms with van der Waals surface area (Å²) in [7, 11) is 1.88. The molecule has 1 aromatic heterocycles. The highest BCUT2D eigenvalue weighted by molar-refractivity contribution is 5.96. The molecule has 1 aliphatic rings. The summed E-state index contributed by atoms with van der Waals surface area (Å²) in [5.74, 6) is 0.505. The molecule has 132 valence electrons. The summed E-state index contributed by atoms with van der Waals surface area (Å²) < 4.78 is 0. The van der Waals surface area contributed by atoms with Gasteiger partial charge in [-0.15, -0.1) is 0 Å². The maximum atomic E-state index is 13.2. The lowest BCUT2D eigenvalue weighted by Crippen LogP contribution is -2.27. The van der Waals surface area contributed by atoms with Gasteiger partial charge in [-0.3, -0.25) is 9.78 Å². The Kier molecular flexibility index (Phi) is 4.67. The van der Waals surface area contributed by atoms with Crippen molar-refractivity contribution >= 4 is 16.7 Å². The summed E-state index contributed by atoms with van der Waals surface area (Å²) in [6, 6.07) is 16.2. The van der Waals surface area contributed by atoms with Gasteiger partial charge >= 0.3 is 0 Å². The molecule has 4 heteroatoms. The molecule has 0 bridgehead atoms. The fraction of sp³-hybridized carbons (Fsp3) is 0.273. The van der Waals surface area contributed by atoms with Gasteiger partial charge in [-0.1, -0.05) is 36.4 Å². The lowest BCUT2D eigenvalue weighted by molar-refractivity contribution is 0.0784. The van der Waals surface area contributed by atoms with Gasteiger partial charge in [-0.25, -0.2) is 0 Å². The van der Waals surface area contributed by atoms with Crippen molar-refractivity contribution in [3.63, 3.8) is 0 Å². The minimum Gasteiger partial charge on any atom is -0.337 e. The molecule has 0 radical (unpaired) electrons. The van der Waals surface area contributed by atoms with Crippen molar-refractivity contribution in [2.45, 2.75) is 18.9 Å². The Morgan fingerprint density at radius 2 is 2.08 bits per heavy atom. The van der Waals surface area contributed by atoms with Gasteiger partial charge in [0.05, 0.1) is 0 Å². The highest BCUT2D eigenvalue weighted by atomic mass is 16.2. The van der Waals surface area contributed by atoms with Crippen molar-refractivity contribution in [2.24, 2.45) is 0 Å². The van der Waals surface area contributed by atoms with Crippen molar-refractivity contribution in [1.29, 1.82) is 0 Å². The number of nitrogens with zero attached hydrogens (tertiary/aromatic N) is 2. The van der Waals surface area contributed by atoms with E-state index < -0.39 is 0 Å². The predicted octanol–water partition coefficient (Wildman–Crippen LogP) is 3.58. The number of aromatic nitrogens is 1. The summed E-state index contributed by atoms with van der Waals surface area (Å²) in [6.45, 7) is 2.55. The van der Waals surface area contributed by atoms with Gasteiger partial charge in [0.2, 0.25) is 0 Å². The molecule has 1 aliphatic heterocycles. The summed E-state index contributed by atoms with van der Waals surface area (Å²) in [5.41, 5.74) is 3.13. The Hall–Kier alpha value is -2.72. The van der Waals surface area contributed by atoms with Crippen LogP contribution in [0.3, 0.4) is 0 Å². The minimum absolute atomic E-state index is 0.0820. The van der Waals surface area contributed by atoms with Crippen LogP contribution >= 0.6 is 0 Å². The van der Waals surface area contributed by atoms with Crippen LogP contribution in [0.4, 0.5) is 0 Å². The van der Waals surface area contributed by atoms with Crippen LogP contribution < -0.4 is 5.32 Å². The highest BCUT2D eigenvalue weighted by Gasteiger charge is 2.23. The average Bonchev–Trinajstić information content (AvgIpc) is 3.22. The average molecular weight is 345 g/mol. The molecule has 2 aromatic carbocycles. The van der Waals surface area contributed by atoms with Gasteiger partial charge in [0.25, 0.3) is 5.91 Å². The zero-order valence-corrected chi connectivity index (χ0v) is 15.0. The molecule has 0 unspecified atom stereocenters. The van der Waals surface area contributed by atoms with Gasteiger partial charge in [0.15, 0.2) is 0 Å². The summed E-state index contributed by atoms with van der Waals surface area (Å²) >= 11 is 0. The summed E-state index contributed by atoms with van der Waals surface area (Å²) in [5, 5.41) is 5.64. The van der Waals surface area contributed by atoms with Crippen LogP contribution in [0, 0.1) is 0 Å². The van der Waals surface area contributed by atoms with E-state index in [1.54, 1.807) is 6.20 Å². The molecule has 1 saturated heterocycles. The Labute approximate surface area is 153 Å². The van der Waals surface area contributed by atoms with Gasteiger partial charge < -0.3 is 10.2 Å².